The second kappa shape index (κ2) is 13.0. The van der Waals surface area contributed by atoms with E-state index in [1.54, 1.807) is 25.1 Å². The molecule has 0 aliphatic heterocycles. The van der Waals surface area contributed by atoms with Crippen LogP contribution in [0.2, 0.25) is 0 Å². The van der Waals surface area contributed by atoms with Crippen LogP contribution in [0.5, 0.6) is 11.5 Å². The molecule has 0 aliphatic rings. The van der Waals surface area contributed by atoms with E-state index < -0.39 is 24.4 Å². The van der Waals surface area contributed by atoms with Crippen LogP contribution in [-0.2, 0) is 16.0 Å². The summed E-state index contributed by atoms with van der Waals surface area (Å²) in [6.07, 6.45) is 1.97. The van der Waals surface area contributed by atoms with Gasteiger partial charge in [0.2, 0.25) is 0 Å². The lowest BCUT2D eigenvalue weighted by Crippen LogP contribution is -2.30. The van der Waals surface area contributed by atoms with Crippen LogP contribution in [0.4, 0.5) is 5.69 Å². The molecule has 1 heterocycles. The van der Waals surface area contributed by atoms with Crippen LogP contribution in [0.3, 0.4) is 0 Å². The van der Waals surface area contributed by atoms with Crippen LogP contribution in [0.1, 0.15) is 45.9 Å². The molecule has 0 bridgehead atoms. The molecule has 0 fully saturated rings. The van der Waals surface area contributed by atoms with Gasteiger partial charge in [0.05, 0.1) is 25.0 Å². The maximum atomic E-state index is 12.4. The quantitative estimate of drug-likeness (QED) is 0.363. The zero-order valence-corrected chi connectivity index (χ0v) is 20.6. The first-order chi connectivity index (χ1) is 17.4. The van der Waals surface area contributed by atoms with Crippen molar-refractivity contribution in [2.75, 3.05) is 31.7 Å². The fraction of sp³-hybridized carbons (Fsp3) is 0.296. The minimum atomic E-state index is -0.675. The molecule has 0 saturated carbocycles. The highest BCUT2D eigenvalue weighted by Gasteiger charge is 2.15. The Labute approximate surface area is 209 Å². The molecule has 9 heteroatoms. The third-order valence-corrected chi connectivity index (χ3v) is 5.14. The number of amides is 2. The average molecular weight is 495 g/mol. The maximum absolute atomic E-state index is 12.4. The zero-order valence-electron chi connectivity index (χ0n) is 20.6. The Kier molecular flexibility index (Phi) is 9.50. The molecule has 2 amide bonds. The minimum absolute atomic E-state index is 0.151. The Morgan fingerprint density at radius 1 is 0.944 bits per heavy atom. The number of hydrogen-bond acceptors (Lipinski definition) is 7. The van der Waals surface area contributed by atoms with Gasteiger partial charge in [0.25, 0.3) is 11.8 Å². The average Bonchev–Trinajstić information content (AvgIpc) is 3.41. The van der Waals surface area contributed by atoms with E-state index in [9.17, 15) is 14.4 Å². The van der Waals surface area contributed by atoms with Crippen molar-refractivity contribution in [3.8, 4) is 11.5 Å². The van der Waals surface area contributed by atoms with Gasteiger partial charge in [0.15, 0.2) is 23.9 Å². The van der Waals surface area contributed by atoms with Crippen LogP contribution in [0, 0.1) is 6.92 Å². The van der Waals surface area contributed by atoms with Crippen LogP contribution in [0.15, 0.2) is 59.2 Å². The van der Waals surface area contributed by atoms with Crippen LogP contribution in [-0.4, -0.2) is 44.1 Å². The molecule has 0 aliphatic carbocycles. The normalized spacial score (nSPS) is 10.4. The molecule has 0 radical (unpaired) electrons. The Bertz CT molecular complexity index is 1190. The molecular formula is C27H30N2O7. The Morgan fingerprint density at radius 3 is 2.44 bits per heavy atom. The van der Waals surface area contributed by atoms with Crippen LogP contribution in [0.25, 0.3) is 0 Å². The minimum Gasteiger partial charge on any atom is -0.490 e. The SMILES string of the molecule is CCOc1ccc(CCNC(=O)COC(=O)c2ccc(C)c(NC(=O)c3ccco3)c2)cc1OCC. The number of furan rings is 1. The van der Waals surface area contributed by atoms with Gasteiger partial charge in [-0.05, 0) is 74.7 Å². The topological polar surface area (TPSA) is 116 Å². The van der Waals surface area contributed by atoms with Crippen molar-refractivity contribution >= 4 is 23.5 Å². The van der Waals surface area contributed by atoms with E-state index in [4.69, 9.17) is 18.6 Å². The number of carbonyl (C=O) groups is 3. The fourth-order valence-corrected chi connectivity index (χ4v) is 3.34. The van der Waals surface area contributed by atoms with Gasteiger partial charge in [-0.1, -0.05) is 12.1 Å². The summed E-state index contributed by atoms with van der Waals surface area (Å²) < 4.78 is 21.4. The molecule has 0 atom stereocenters. The maximum Gasteiger partial charge on any atom is 0.338 e. The summed E-state index contributed by atoms with van der Waals surface area (Å²) >= 11 is 0. The van der Waals surface area contributed by atoms with E-state index in [1.807, 2.05) is 32.0 Å². The molecular weight excluding hydrogens is 464 g/mol. The Morgan fingerprint density at radius 2 is 1.72 bits per heavy atom. The highest BCUT2D eigenvalue weighted by Crippen LogP contribution is 2.28. The number of aryl methyl sites for hydroxylation is 1. The number of benzene rings is 2. The second-order valence-electron chi connectivity index (χ2n) is 7.78. The number of anilines is 1. The predicted molar refractivity (Wildman–Crippen MR) is 134 cm³/mol. The second-order valence-corrected chi connectivity index (χ2v) is 7.78. The molecule has 2 N–H and O–H groups in total. The first-order valence-electron chi connectivity index (χ1n) is 11.7. The number of hydrogen-bond donors (Lipinski definition) is 2. The van der Waals surface area contributed by atoms with Gasteiger partial charge in [-0.25, -0.2) is 4.79 Å². The highest BCUT2D eigenvalue weighted by molar-refractivity contribution is 6.03. The monoisotopic (exact) mass is 494 g/mol. The molecule has 0 spiro atoms. The smallest absolute Gasteiger partial charge is 0.338 e. The van der Waals surface area contributed by atoms with Gasteiger partial charge < -0.3 is 29.3 Å². The molecule has 3 rings (SSSR count). The van der Waals surface area contributed by atoms with Gasteiger partial charge in [-0.3, -0.25) is 9.59 Å². The van der Waals surface area contributed by atoms with Gasteiger partial charge in [0.1, 0.15) is 0 Å². The molecule has 190 valence electrons. The molecule has 3 aromatic rings. The van der Waals surface area contributed by atoms with Crippen molar-refractivity contribution in [2.45, 2.75) is 27.2 Å². The van der Waals surface area contributed by atoms with Crippen LogP contribution >= 0.6 is 0 Å². The summed E-state index contributed by atoms with van der Waals surface area (Å²) in [5.74, 6) is -0.0367. The van der Waals surface area contributed by atoms with E-state index in [0.717, 1.165) is 11.1 Å². The summed E-state index contributed by atoms with van der Waals surface area (Å²) in [4.78, 5) is 36.9. The lowest BCUT2D eigenvalue weighted by atomic mass is 10.1. The summed E-state index contributed by atoms with van der Waals surface area (Å²) in [6.45, 7) is 6.60. The molecule has 1 aromatic heterocycles. The Hall–Kier alpha value is -4.27. The molecule has 2 aromatic carbocycles. The predicted octanol–water partition coefficient (Wildman–Crippen LogP) is 4.15. The molecule has 36 heavy (non-hydrogen) atoms. The lowest BCUT2D eigenvalue weighted by Gasteiger charge is -2.13. The highest BCUT2D eigenvalue weighted by atomic mass is 16.5. The number of ether oxygens (including phenoxy) is 3. The number of rotatable bonds is 12. The van der Waals surface area contributed by atoms with E-state index in [2.05, 4.69) is 10.6 Å². The zero-order chi connectivity index (χ0) is 25.9. The summed E-state index contributed by atoms with van der Waals surface area (Å²) in [5, 5.41) is 5.44. The van der Waals surface area contributed by atoms with Crippen molar-refractivity contribution in [1.82, 2.24) is 5.32 Å². The summed E-state index contributed by atoms with van der Waals surface area (Å²) in [6, 6.07) is 13.5. The third-order valence-electron chi connectivity index (χ3n) is 5.14. The van der Waals surface area contributed by atoms with Crippen molar-refractivity contribution < 1.29 is 33.0 Å². The number of esters is 1. The van der Waals surface area contributed by atoms with Gasteiger partial charge in [-0.2, -0.15) is 0 Å². The summed E-state index contributed by atoms with van der Waals surface area (Å²) in [5.41, 5.74) is 2.38. The van der Waals surface area contributed by atoms with Crippen molar-refractivity contribution in [1.29, 1.82) is 0 Å². The number of carbonyl (C=O) groups excluding carboxylic acids is 3. The lowest BCUT2D eigenvalue weighted by molar-refractivity contribution is -0.124. The van der Waals surface area contributed by atoms with Gasteiger partial charge in [-0.15, -0.1) is 0 Å². The van der Waals surface area contributed by atoms with E-state index >= 15 is 0 Å². The van der Waals surface area contributed by atoms with E-state index in [0.29, 0.717) is 43.4 Å². The molecule has 0 unspecified atom stereocenters. The van der Waals surface area contributed by atoms with E-state index in [1.165, 1.54) is 18.4 Å². The molecule has 9 nitrogen and oxygen atoms in total. The standard InChI is InChI=1S/C27H30N2O7/c1-4-33-22-11-9-19(15-24(22)34-5-2)12-13-28-25(30)17-36-27(32)20-10-8-18(3)21(16-20)29-26(31)23-7-6-14-35-23/h6-11,14-16H,4-5,12-13,17H2,1-3H3,(H,28,30)(H,29,31). The van der Waals surface area contributed by atoms with Crippen LogP contribution < -0.4 is 20.1 Å². The first-order valence-corrected chi connectivity index (χ1v) is 11.7. The van der Waals surface area contributed by atoms with Gasteiger partial charge in [0, 0.05) is 12.2 Å². The fourth-order valence-electron chi connectivity index (χ4n) is 3.34. The Balaban J connectivity index is 1.48. The van der Waals surface area contributed by atoms with Crippen molar-refractivity contribution in [3.63, 3.8) is 0 Å². The van der Waals surface area contributed by atoms with Crippen molar-refractivity contribution in [3.05, 3.63) is 77.2 Å². The summed E-state index contributed by atoms with van der Waals surface area (Å²) in [7, 11) is 0. The molecule has 0 saturated heterocycles. The third kappa shape index (κ3) is 7.36. The van der Waals surface area contributed by atoms with Crippen molar-refractivity contribution in [2.24, 2.45) is 0 Å². The largest absolute Gasteiger partial charge is 0.490 e. The van der Waals surface area contributed by atoms with E-state index in [-0.39, 0.29) is 11.3 Å². The first kappa shape index (κ1) is 26.3. The number of nitrogens with one attached hydrogen (secondary N) is 2. The van der Waals surface area contributed by atoms with Gasteiger partial charge >= 0.3 is 5.97 Å².